The summed E-state index contributed by atoms with van der Waals surface area (Å²) in [6.45, 7) is 3.04. The van der Waals surface area contributed by atoms with E-state index in [0.717, 1.165) is 17.7 Å². The first-order chi connectivity index (χ1) is 10.3. The molecule has 0 bridgehead atoms. The fourth-order valence-corrected chi connectivity index (χ4v) is 2.08. The number of hydrogen-bond donors (Lipinski definition) is 1. The van der Waals surface area contributed by atoms with E-state index in [1.807, 2.05) is 42.5 Å². The molecule has 4 nitrogen and oxygen atoms in total. The van der Waals surface area contributed by atoms with Crippen molar-refractivity contribution in [2.24, 2.45) is 5.73 Å². The van der Waals surface area contributed by atoms with Gasteiger partial charge in [0.25, 0.3) is 0 Å². The number of pyridine rings is 1. The average Bonchev–Trinajstić information content (AvgIpc) is 2.56. The van der Waals surface area contributed by atoms with Gasteiger partial charge in [0.15, 0.2) is 0 Å². The number of nitrogens with two attached hydrogens (primary N) is 1. The molecule has 0 aliphatic heterocycles. The molecule has 0 saturated carbocycles. The monoisotopic (exact) mass is 286 g/mol. The van der Waals surface area contributed by atoms with Gasteiger partial charge in [-0.15, -0.1) is 0 Å². The van der Waals surface area contributed by atoms with Gasteiger partial charge in [0.1, 0.15) is 12.4 Å². The second kappa shape index (κ2) is 8.39. The lowest BCUT2D eigenvalue weighted by Gasteiger charge is -2.23. The third-order valence-electron chi connectivity index (χ3n) is 3.27. The molecule has 1 aromatic heterocycles. The van der Waals surface area contributed by atoms with Crippen molar-refractivity contribution in [1.82, 2.24) is 4.98 Å². The minimum Gasteiger partial charge on any atom is -0.491 e. The Kier molecular flexibility index (Phi) is 6.19. The maximum Gasteiger partial charge on any atom is 0.119 e. The number of rotatable bonds is 8. The highest BCUT2D eigenvalue weighted by molar-refractivity contribution is 5.20. The molecule has 2 atom stereocenters. The van der Waals surface area contributed by atoms with Crippen LogP contribution in [-0.2, 0) is 4.74 Å². The minimum absolute atomic E-state index is 0.0501. The van der Waals surface area contributed by atoms with Crippen molar-refractivity contribution in [2.45, 2.75) is 25.5 Å². The standard InChI is InChI=1S/C17H22N2O2/c1-2-16(18)17(14-7-6-10-19-13-14)21-12-11-20-15-8-4-3-5-9-15/h3-10,13,16-17H,2,11-12,18H2,1H3. The van der Waals surface area contributed by atoms with Gasteiger partial charge >= 0.3 is 0 Å². The van der Waals surface area contributed by atoms with E-state index in [2.05, 4.69) is 11.9 Å². The van der Waals surface area contributed by atoms with E-state index in [-0.39, 0.29) is 12.1 Å². The van der Waals surface area contributed by atoms with Gasteiger partial charge < -0.3 is 15.2 Å². The van der Waals surface area contributed by atoms with E-state index in [1.165, 1.54) is 0 Å². The van der Waals surface area contributed by atoms with E-state index >= 15 is 0 Å². The summed E-state index contributed by atoms with van der Waals surface area (Å²) in [5.41, 5.74) is 7.16. The molecule has 1 heterocycles. The summed E-state index contributed by atoms with van der Waals surface area (Å²) in [5.74, 6) is 0.846. The molecule has 0 aliphatic rings. The Bertz CT molecular complexity index is 505. The molecule has 112 valence electrons. The van der Waals surface area contributed by atoms with Crippen LogP contribution in [0.25, 0.3) is 0 Å². The van der Waals surface area contributed by atoms with Gasteiger partial charge in [-0.1, -0.05) is 31.2 Å². The van der Waals surface area contributed by atoms with Crippen LogP contribution in [0.1, 0.15) is 25.0 Å². The fraction of sp³-hybridized carbons (Fsp3) is 0.353. The van der Waals surface area contributed by atoms with E-state index in [1.54, 1.807) is 12.4 Å². The minimum atomic E-state index is -0.150. The van der Waals surface area contributed by atoms with Crippen molar-refractivity contribution in [1.29, 1.82) is 0 Å². The zero-order chi connectivity index (χ0) is 14.9. The molecule has 4 heteroatoms. The van der Waals surface area contributed by atoms with Crippen LogP contribution in [0, 0.1) is 0 Å². The zero-order valence-electron chi connectivity index (χ0n) is 12.3. The molecule has 21 heavy (non-hydrogen) atoms. The Labute approximate surface area is 125 Å². The van der Waals surface area contributed by atoms with Gasteiger partial charge in [0, 0.05) is 24.0 Å². The molecule has 0 radical (unpaired) electrons. The second-order valence-corrected chi connectivity index (χ2v) is 4.81. The Balaban J connectivity index is 1.85. The predicted octanol–water partition coefficient (Wildman–Crippen LogP) is 2.96. The summed E-state index contributed by atoms with van der Waals surface area (Å²) in [5, 5.41) is 0. The van der Waals surface area contributed by atoms with Crippen molar-refractivity contribution >= 4 is 0 Å². The number of hydrogen-bond acceptors (Lipinski definition) is 4. The fourth-order valence-electron chi connectivity index (χ4n) is 2.08. The number of para-hydroxylation sites is 1. The number of nitrogens with zero attached hydrogens (tertiary/aromatic N) is 1. The summed E-state index contributed by atoms with van der Waals surface area (Å²) < 4.78 is 11.5. The Morgan fingerprint density at radius 2 is 1.90 bits per heavy atom. The first-order valence-electron chi connectivity index (χ1n) is 7.26. The zero-order valence-corrected chi connectivity index (χ0v) is 12.3. The van der Waals surface area contributed by atoms with Crippen LogP contribution >= 0.6 is 0 Å². The van der Waals surface area contributed by atoms with Crippen molar-refractivity contribution in [3.05, 3.63) is 60.4 Å². The lowest BCUT2D eigenvalue weighted by atomic mass is 10.0. The van der Waals surface area contributed by atoms with Crippen LogP contribution in [0.5, 0.6) is 5.75 Å². The van der Waals surface area contributed by atoms with E-state index in [4.69, 9.17) is 15.2 Å². The van der Waals surface area contributed by atoms with Crippen molar-refractivity contribution in [2.75, 3.05) is 13.2 Å². The SMILES string of the molecule is CCC(N)C(OCCOc1ccccc1)c1cccnc1. The van der Waals surface area contributed by atoms with Crippen LogP contribution in [0.2, 0.25) is 0 Å². The summed E-state index contributed by atoms with van der Waals surface area (Å²) in [6, 6.07) is 13.5. The predicted molar refractivity (Wildman–Crippen MR) is 83.1 cm³/mol. The molecule has 0 amide bonds. The van der Waals surface area contributed by atoms with Crippen LogP contribution in [0.3, 0.4) is 0 Å². The summed E-state index contributed by atoms with van der Waals surface area (Å²) >= 11 is 0. The van der Waals surface area contributed by atoms with Gasteiger partial charge in [-0.25, -0.2) is 0 Å². The van der Waals surface area contributed by atoms with Gasteiger partial charge in [0.2, 0.25) is 0 Å². The highest BCUT2D eigenvalue weighted by atomic mass is 16.5. The highest BCUT2D eigenvalue weighted by Gasteiger charge is 2.19. The molecule has 2 rings (SSSR count). The van der Waals surface area contributed by atoms with Crippen molar-refractivity contribution < 1.29 is 9.47 Å². The summed E-state index contributed by atoms with van der Waals surface area (Å²) in [4.78, 5) is 4.13. The molecule has 2 aromatic rings. The number of benzene rings is 1. The third kappa shape index (κ3) is 4.85. The van der Waals surface area contributed by atoms with E-state index in [9.17, 15) is 0 Å². The lowest BCUT2D eigenvalue weighted by Crippen LogP contribution is -2.30. The summed E-state index contributed by atoms with van der Waals surface area (Å²) in [7, 11) is 0. The normalized spacial score (nSPS) is 13.6. The Morgan fingerprint density at radius 3 is 2.57 bits per heavy atom. The largest absolute Gasteiger partial charge is 0.491 e. The Hall–Kier alpha value is -1.91. The first-order valence-corrected chi connectivity index (χ1v) is 7.26. The lowest BCUT2D eigenvalue weighted by molar-refractivity contribution is 0.0165. The van der Waals surface area contributed by atoms with Crippen LogP contribution in [0.4, 0.5) is 0 Å². The molecule has 0 aliphatic carbocycles. The molecule has 0 fully saturated rings. The third-order valence-corrected chi connectivity index (χ3v) is 3.27. The Morgan fingerprint density at radius 1 is 1.10 bits per heavy atom. The topological polar surface area (TPSA) is 57.4 Å². The number of ether oxygens (including phenoxy) is 2. The molecular weight excluding hydrogens is 264 g/mol. The van der Waals surface area contributed by atoms with Gasteiger partial charge in [-0.05, 0) is 24.6 Å². The van der Waals surface area contributed by atoms with Crippen LogP contribution < -0.4 is 10.5 Å². The van der Waals surface area contributed by atoms with E-state index < -0.39 is 0 Å². The van der Waals surface area contributed by atoms with Crippen LogP contribution in [0.15, 0.2) is 54.9 Å². The summed E-state index contributed by atoms with van der Waals surface area (Å²) in [6.07, 6.45) is 4.25. The quantitative estimate of drug-likeness (QED) is 0.758. The second-order valence-electron chi connectivity index (χ2n) is 4.81. The molecule has 0 saturated heterocycles. The molecule has 2 unspecified atom stereocenters. The van der Waals surface area contributed by atoms with Crippen LogP contribution in [-0.4, -0.2) is 24.2 Å². The van der Waals surface area contributed by atoms with Gasteiger partial charge in [-0.2, -0.15) is 0 Å². The van der Waals surface area contributed by atoms with Gasteiger partial charge in [-0.3, -0.25) is 4.98 Å². The smallest absolute Gasteiger partial charge is 0.119 e. The maximum absolute atomic E-state index is 6.15. The molecule has 2 N–H and O–H groups in total. The van der Waals surface area contributed by atoms with Gasteiger partial charge in [0.05, 0.1) is 12.7 Å². The van der Waals surface area contributed by atoms with E-state index in [0.29, 0.717) is 13.2 Å². The molecule has 0 spiro atoms. The average molecular weight is 286 g/mol. The first kappa shape index (κ1) is 15.5. The van der Waals surface area contributed by atoms with Crippen molar-refractivity contribution in [3.63, 3.8) is 0 Å². The highest BCUT2D eigenvalue weighted by Crippen LogP contribution is 2.21. The molecule has 1 aromatic carbocycles. The van der Waals surface area contributed by atoms with Crippen molar-refractivity contribution in [3.8, 4) is 5.75 Å². The number of aromatic nitrogens is 1. The maximum atomic E-state index is 6.15. The molecular formula is C17H22N2O2.